The van der Waals surface area contributed by atoms with Crippen LogP contribution in [0.2, 0.25) is 0 Å². The van der Waals surface area contributed by atoms with Crippen LogP contribution in [0.1, 0.15) is 11.1 Å². The van der Waals surface area contributed by atoms with Crippen molar-refractivity contribution in [3.05, 3.63) is 77.5 Å². The van der Waals surface area contributed by atoms with Gasteiger partial charge in [0.2, 0.25) is 0 Å². The average molecular weight is 448 g/mol. The summed E-state index contributed by atoms with van der Waals surface area (Å²) in [4.78, 5) is 41.1. The van der Waals surface area contributed by atoms with Crippen LogP contribution in [0.4, 0.5) is 4.79 Å². The molecule has 170 valence electrons. The molecule has 1 saturated heterocycles. The first-order chi connectivity index (χ1) is 15.9. The van der Waals surface area contributed by atoms with E-state index in [1.165, 1.54) is 11.9 Å². The Balaban J connectivity index is 1.56. The fraction of sp³-hybridized carbons (Fsp3) is 0.280. The molecule has 8 heteroatoms. The van der Waals surface area contributed by atoms with Gasteiger partial charge in [-0.1, -0.05) is 42.5 Å². The maximum Gasteiger partial charge on any atom is 0.417 e. The number of amidine groups is 1. The molecule has 0 aromatic heterocycles. The van der Waals surface area contributed by atoms with Gasteiger partial charge in [0.05, 0.1) is 14.2 Å². The monoisotopic (exact) mass is 447 g/mol. The molecule has 2 aliphatic rings. The number of fused-ring (bicyclic) bond motifs is 1. The number of carbonyl (C=O) groups is 3. The van der Waals surface area contributed by atoms with Crippen LogP contribution in [0.15, 0.2) is 66.4 Å². The molecule has 1 N–H and O–H groups in total. The van der Waals surface area contributed by atoms with E-state index in [2.05, 4.69) is 5.32 Å². The highest BCUT2D eigenvalue weighted by atomic mass is 16.5. The van der Waals surface area contributed by atoms with Gasteiger partial charge >= 0.3 is 6.03 Å². The molecule has 2 aromatic carbocycles. The van der Waals surface area contributed by atoms with E-state index in [0.29, 0.717) is 31.0 Å². The number of hydrogen-bond acceptors (Lipinski definition) is 4. The van der Waals surface area contributed by atoms with Crippen molar-refractivity contribution in [1.29, 1.82) is 0 Å². The van der Waals surface area contributed by atoms with Crippen LogP contribution in [-0.2, 0) is 22.6 Å². The maximum atomic E-state index is 13.2. The van der Waals surface area contributed by atoms with E-state index < -0.39 is 11.9 Å². The molecule has 0 saturated carbocycles. The van der Waals surface area contributed by atoms with Gasteiger partial charge in [-0.3, -0.25) is 9.59 Å². The van der Waals surface area contributed by atoms with Gasteiger partial charge in [-0.2, -0.15) is 4.90 Å². The molecular formula is C25H27N4O4+. The number of nitrogens with one attached hydrogen (secondary N) is 1. The Morgan fingerprint density at radius 2 is 1.70 bits per heavy atom. The van der Waals surface area contributed by atoms with Gasteiger partial charge < -0.3 is 10.1 Å². The SMILES string of the molecule is COc1ccc(CCNC(=O)C2=CC3C(=O)N(C)C(=O)N(C)C3=[N+]2Cc2ccccc2)cc1. The standard InChI is InChI=1S/C25H26N4O4/c1-27-23-20(24(31)28(2)25(27)32)15-21(29(23)16-18-7-5-4-6-8-18)22(30)26-14-13-17-9-11-19(33-3)12-10-17/h4-12,15,20H,13-14,16H2,1-3H3/p+1. The largest absolute Gasteiger partial charge is 0.497 e. The zero-order valence-electron chi connectivity index (χ0n) is 18.9. The van der Waals surface area contributed by atoms with Crippen LogP contribution in [0.25, 0.3) is 0 Å². The number of nitrogens with zero attached hydrogens (tertiary/aromatic N) is 3. The summed E-state index contributed by atoms with van der Waals surface area (Å²) in [6, 6.07) is 16.9. The second-order valence-electron chi connectivity index (χ2n) is 8.05. The molecule has 33 heavy (non-hydrogen) atoms. The molecule has 1 unspecified atom stereocenters. The average Bonchev–Trinajstić information content (AvgIpc) is 3.21. The van der Waals surface area contributed by atoms with Crippen LogP contribution in [0, 0.1) is 5.92 Å². The lowest BCUT2D eigenvalue weighted by Crippen LogP contribution is -2.57. The van der Waals surface area contributed by atoms with Crippen molar-refractivity contribution in [3.8, 4) is 5.75 Å². The van der Waals surface area contributed by atoms with Crippen molar-refractivity contribution in [2.24, 2.45) is 5.92 Å². The number of carbonyl (C=O) groups excluding carboxylic acids is 3. The molecule has 8 nitrogen and oxygen atoms in total. The summed E-state index contributed by atoms with van der Waals surface area (Å²) in [6.45, 7) is 0.809. The quantitative estimate of drug-likeness (QED) is 0.659. The summed E-state index contributed by atoms with van der Waals surface area (Å²) >= 11 is 0. The predicted molar refractivity (Wildman–Crippen MR) is 123 cm³/mol. The van der Waals surface area contributed by atoms with Gasteiger partial charge in [0, 0.05) is 13.6 Å². The van der Waals surface area contributed by atoms with Crippen molar-refractivity contribution in [3.63, 3.8) is 0 Å². The first-order valence-electron chi connectivity index (χ1n) is 10.8. The summed E-state index contributed by atoms with van der Waals surface area (Å²) in [5, 5.41) is 2.96. The topological polar surface area (TPSA) is 82.0 Å². The first kappa shape index (κ1) is 22.3. The summed E-state index contributed by atoms with van der Waals surface area (Å²) in [7, 11) is 4.71. The highest BCUT2D eigenvalue weighted by Gasteiger charge is 2.51. The van der Waals surface area contributed by atoms with Gasteiger partial charge in [0.15, 0.2) is 11.6 Å². The van der Waals surface area contributed by atoms with Gasteiger partial charge in [-0.25, -0.2) is 14.3 Å². The molecule has 2 aromatic rings. The normalized spacial score (nSPS) is 17.8. The van der Waals surface area contributed by atoms with Crippen LogP contribution in [-0.4, -0.2) is 65.8 Å². The van der Waals surface area contributed by atoms with E-state index in [9.17, 15) is 14.4 Å². The van der Waals surface area contributed by atoms with Crippen LogP contribution in [0.5, 0.6) is 5.75 Å². The summed E-state index contributed by atoms with van der Waals surface area (Å²) in [5.74, 6) is -0.00997. The van der Waals surface area contributed by atoms with Crippen molar-refractivity contribution in [2.75, 3.05) is 27.7 Å². The molecule has 0 bridgehead atoms. The predicted octanol–water partition coefficient (Wildman–Crippen LogP) is 2.00. The van der Waals surface area contributed by atoms with E-state index in [0.717, 1.165) is 21.8 Å². The Hall–Kier alpha value is -3.94. The lowest BCUT2D eigenvalue weighted by molar-refractivity contribution is -0.490. The van der Waals surface area contributed by atoms with E-state index in [1.807, 2.05) is 54.6 Å². The second-order valence-corrected chi connectivity index (χ2v) is 8.05. The number of methoxy groups -OCH3 is 1. The molecule has 1 atom stereocenters. The molecular weight excluding hydrogens is 420 g/mol. The highest BCUT2D eigenvalue weighted by molar-refractivity contribution is 6.19. The summed E-state index contributed by atoms with van der Waals surface area (Å²) in [6.07, 6.45) is 2.31. The van der Waals surface area contributed by atoms with Crippen molar-refractivity contribution >= 4 is 23.7 Å². The molecule has 0 radical (unpaired) electrons. The third kappa shape index (κ3) is 4.37. The fourth-order valence-corrected chi connectivity index (χ4v) is 4.14. The minimum atomic E-state index is -0.677. The summed E-state index contributed by atoms with van der Waals surface area (Å²) < 4.78 is 6.94. The Morgan fingerprint density at radius 3 is 2.36 bits per heavy atom. The maximum absolute atomic E-state index is 13.2. The number of rotatable bonds is 7. The Bertz CT molecular complexity index is 1140. The highest BCUT2D eigenvalue weighted by Crippen LogP contribution is 2.27. The minimum Gasteiger partial charge on any atom is -0.497 e. The van der Waals surface area contributed by atoms with Crippen molar-refractivity contribution < 1.29 is 23.7 Å². The van der Waals surface area contributed by atoms with Gasteiger partial charge in [0.1, 0.15) is 12.3 Å². The third-order valence-corrected chi connectivity index (χ3v) is 5.96. The molecule has 4 rings (SSSR count). The van der Waals surface area contributed by atoms with E-state index in [1.54, 1.807) is 24.8 Å². The lowest BCUT2D eigenvalue weighted by atomic mass is 10.0. The Morgan fingerprint density at radius 1 is 1.00 bits per heavy atom. The van der Waals surface area contributed by atoms with Gasteiger partial charge in [-0.05, 0) is 35.8 Å². The lowest BCUT2D eigenvalue weighted by Gasteiger charge is -2.27. The van der Waals surface area contributed by atoms with Crippen LogP contribution >= 0.6 is 0 Å². The number of hydrogen-bond donors (Lipinski definition) is 1. The zero-order chi connectivity index (χ0) is 23.5. The molecule has 4 amide bonds. The van der Waals surface area contributed by atoms with Crippen LogP contribution in [0.3, 0.4) is 0 Å². The van der Waals surface area contributed by atoms with Gasteiger partial charge in [0.25, 0.3) is 17.6 Å². The summed E-state index contributed by atoms with van der Waals surface area (Å²) in [5.41, 5.74) is 2.41. The number of urea groups is 1. The fourth-order valence-electron chi connectivity index (χ4n) is 4.14. The second kappa shape index (κ2) is 9.28. The zero-order valence-corrected chi connectivity index (χ0v) is 18.9. The third-order valence-electron chi connectivity index (χ3n) is 5.96. The Kier molecular flexibility index (Phi) is 6.26. The smallest absolute Gasteiger partial charge is 0.417 e. The Labute approximate surface area is 192 Å². The molecule has 2 heterocycles. The number of ether oxygens (including phenoxy) is 1. The number of amides is 4. The molecule has 2 aliphatic heterocycles. The van der Waals surface area contributed by atoms with Gasteiger partial charge in [-0.15, -0.1) is 0 Å². The van der Waals surface area contributed by atoms with E-state index in [-0.39, 0.29) is 11.8 Å². The van der Waals surface area contributed by atoms with Crippen LogP contribution < -0.4 is 10.1 Å². The number of imide groups is 1. The van der Waals surface area contributed by atoms with Crippen molar-refractivity contribution in [2.45, 2.75) is 13.0 Å². The van der Waals surface area contributed by atoms with E-state index >= 15 is 0 Å². The van der Waals surface area contributed by atoms with E-state index in [4.69, 9.17) is 4.74 Å². The van der Waals surface area contributed by atoms with Crippen molar-refractivity contribution in [1.82, 2.24) is 15.1 Å². The molecule has 1 fully saturated rings. The molecule has 0 spiro atoms. The minimum absolute atomic E-state index is 0.280. The number of benzene rings is 2. The first-order valence-corrected chi connectivity index (χ1v) is 10.8. The molecule has 0 aliphatic carbocycles.